The van der Waals surface area contributed by atoms with E-state index < -0.39 is 0 Å². The van der Waals surface area contributed by atoms with Crippen LogP contribution in [-0.2, 0) is 0 Å². The summed E-state index contributed by atoms with van der Waals surface area (Å²) < 4.78 is 0. The van der Waals surface area contributed by atoms with Crippen LogP contribution in [0.1, 0.15) is 10.5 Å². The average molecular weight is 208 g/mol. The summed E-state index contributed by atoms with van der Waals surface area (Å²) in [5, 5.41) is 1.20. The number of carbonyl (C=O) groups excluding carboxylic acids is 1. The highest BCUT2D eigenvalue weighted by molar-refractivity contribution is 6.31. The van der Waals surface area contributed by atoms with Crippen LogP contribution in [0.25, 0.3) is 10.9 Å². The maximum absolute atomic E-state index is 10.7. The third-order valence-electron chi connectivity index (χ3n) is 1.82. The Morgan fingerprint density at radius 3 is 2.86 bits per heavy atom. The van der Waals surface area contributed by atoms with E-state index in [0.29, 0.717) is 22.2 Å². The summed E-state index contributed by atoms with van der Waals surface area (Å²) >= 11 is 5.78. The number of aromatic nitrogens is 2. The van der Waals surface area contributed by atoms with Crippen LogP contribution in [-0.4, -0.2) is 16.3 Å². The van der Waals surface area contributed by atoms with E-state index in [1.54, 1.807) is 18.2 Å². The quantitative estimate of drug-likeness (QED) is 0.723. The normalized spacial score (nSPS) is 10.4. The molecule has 0 aliphatic rings. The molecule has 2 rings (SSSR count). The van der Waals surface area contributed by atoms with Crippen LogP contribution in [0.3, 0.4) is 0 Å². The number of fused-ring (bicyclic) bond motifs is 1. The molecule has 0 unspecified atom stereocenters. The van der Waals surface area contributed by atoms with Crippen molar-refractivity contribution < 1.29 is 4.79 Å². The van der Waals surface area contributed by atoms with Gasteiger partial charge in [-0.05, 0) is 18.2 Å². The lowest BCUT2D eigenvalue weighted by atomic mass is 10.2. The Labute approximate surface area is 84.7 Å². The van der Waals surface area contributed by atoms with Gasteiger partial charge in [0.05, 0.1) is 5.52 Å². The molecule has 2 N–H and O–H groups in total. The van der Waals surface area contributed by atoms with Crippen LogP contribution < -0.4 is 5.73 Å². The Balaban J connectivity index is 2.87. The minimum Gasteiger partial charge on any atom is -0.368 e. The van der Waals surface area contributed by atoms with E-state index in [4.69, 9.17) is 17.3 Å². The summed E-state index contributed by atoms with van der Waals surface area (Å²) in [6.45, 7) is 0. The first-order chi connectivity index (χ1) is 6.70. The second-order valence-corrected chi connectivity index (χ2v) is 3.18. The molecule has 1 heterocycles. The van der Waals surface area contributed by atoms with Crippen molar-refractivity contribution in [3.8, 4) is 0 Å². The first-order valence-corrected chi connectivity index (χ1v) is 4.26. The van der Waals surface area contributed by atoms with Gasteiger partial charge in [0.15, 0.2) is 6.29 Å². The van der Waals surface area contributed by atoms with Crippen LogP contribution >= 0.6 is 11.6 Å². The SMILES string of the molecule is Nc1nc(C=O)c2ccc(Cl)cc2n1. The number of carbonyl (C=O) groups is 1. The number of hydrogen-bond donors (Lipinski definition) is 1. The van der Waals surface area contributed by atoms with E-state index in [1.165, 1.54) is 0 Å². The zero-order chi connectivity index (χ0) is 10.1. The molecule has 2 aromatic rings. The van der Waals surface area contributed by atoms with Gasteiger partial charge in [-0.25, -0.2) is 9.97 Å². The third kappa shape index (κ3) is 1.40. The second kappa shape index (κ2) is 3.23. The molecule has 0 saturated carbocycles. The molecule has 0 fully saturated rings. The van der Waals surface area contributed by atoms with Gasteiger partial charge in [0.25, 0.3) is 0 Å². The Morgan fingerprint density at radius 1 is 1.36 bits per heavy atom. The predicted molar refractivity (Wildman–Crippen MR) is 54.3 cm³/mol. The van der Waals surface area contributed by atoms with Gasteiger partial charge in [0.1, 0.15) is 5.69 Å². The fraction of sp³-hybridized carbons (Fsp3) is 0. The van der Waals surface area contributed by atoms with E-state index in [0.717, 1.165) is 0 Å². The highest BCUT2D eigenvalue weighted by atomic mass is 35.5. The van der Waals surface area contributed by atoms with Crippen LogP contribution in [0.4, 0.5) is 5.95 Å². The van der Waals surface area contributed by atoms with Crippen molar-refractivity contribution in [2.24, 2.45) is 0 Å². The number of rotatable bonds is 1. The van der Waals surface area contributed by atoms with Gasteiger partial charge >= 0.3 is 0 Å². The Bertz CT molecular complexity index is 507. The molecular formula is C9H6ClN3O. The topological polar surface area (TPSA) is 68.9 Å². The molecule has 14 heavy (non-hydrogen) atoms. The van der Waals surface area contributed by atoms with E-state index in [-0.39, 0.29) is 11.6 Å². The average Bonchev–Trinajstić information content (AvgIpc) is 2.15. The molecule has 5 heteroatoms. The lowest BCUT2D eigenvalue weighted by molar-refractivity contribution is 0.112. The smallest absolute Gasteiger partial charge is 0.221 e. The van der Waals surface area contributed by atoms with Gasteiger partial charge < -0.3 is 5.73 Å². The maximum Gasteiger partial charge on any atom is 0.221 e. The third-order valence-corrected chi connectivity index (χ3v) is 2.05. The second-order valence-electron chi connectivity index (χ2n) is 2.75. The predicted octanol–water partition coefficient (Wildman–Crippen LogP) is 1.68. The Kier molecular flexibility index (Phi) is 2.05. The number of hydrogen-bond acceptors (Lipinski definition) is 4. The van der Waals surface area contributed by atoms with E-state index >= 15 is 0 Å². The minimum atomic E-state index is 0.0712. The summed E-state index contributed by atoms with van der Waals surface area (Å²) in [5.41, 5.74) is 6.28. The molecule has 0 aliphatic heterocycles. The van der Waals surface area contributed by atoms with Gasteiger partial charge in [-0.2, -0.15) is 0 Å². The number of anilines is 1. The van der Waals surface area contributed by atoms with Crippen LogP contribution in [0.15, 0.2) is 18.2 Å². The highest BCUT2D eigenvalue weighted by Gasteiger charge is 2.05. The van der Waals surface area contributed by atoms with Crippen molar-refractivity contribution in [3.63, 3.8) is 0 Å². The van der Waals surface area contributed by atoms with Crippen molar-refractivity contribution in [2.75, 3.05) is 5.73 Å². The molecular weight excluding hydrogens is 202 g/mol. The number of nitrogens with two attached hydrogens (primary N) is 1. The molecule has 0 radical (unpaired) electrons. The lowest BCUT2D eigenvalue weighted by Crippen LogP contribution is -1.99. The van der Waals surface area contributed by atoms with E-state index in [2.05, 4.69) is 9.97 Å². The molecule has 0 atom stereocenters. The van der Waals surface area contributed by atoms with Crippen molar-refractivity contribution >= 4 is 34.7 Å². The molecule has 0 saturated heterocycles. The molecule has 0 spiro atoms. The number of nitrogen functional groups attached to an aromatic ring is 1. The monoisotopic (exact) mass is 207 g/mol. The Morgan fingerprint density at radius 2 is 2.14 bits per heavy atom. The van der Waals surface area contributed by atoms with E-state index in [9.17, 15) is 4.79 Å². The number of halogens is 1. The standard InChI is InChI=1S/C9H6ClN3O/c10-5-1-2-6-7(3-5)12-9(11)13-8(6)4-14/h1-4H,(H2,11,12,13). The zero-order valence-corrected chi connectivity index (χ0v) is 7.82. The number of aldehydes is 1. The van der Waals surface area contributed by atoms with Crippen molar-refractivity contribution in [3.05, 3.63) is 28.9 Å². The fourth-order valence-electron chi connectivity index (χ4n) is 1.24. The van der Waals surface area contributed by atoms with Crippen LogP contribution in [0, 0.1) is 0 Å². The molecule has 1 aromatic carbocycles. The molecule has 70 valence electrons. The molecule has 0 amide bonds. The first kappa shape index (κ1) is 8.90. The highest BCUT2D eigenvalue weighted by Crippen LogP contribution is 2.19. The molecule has 0 aliphatic carbocycles. The van der Waals surface area contributed by atoms with Crippen molar-refractivity contribution in [1.82, 2.24) is 9.97 Å². The number of benzene rings is 1. The van der Waals surface area contributed by atoms with Crippen LogP contribution in [0.5, 0.6) is 0 Å². The molecule has 1 aromatic heterocycles. The Hall–Kier alpha value is -1.68. The van der Waals surface area contributed by atoms with Gasteiger partial charge in [-0.3, -0.25) is 4.79 Å². The fourth-order valence-corrected chi connectivity index (χ4v) is 1.40. The summed E-state index contributed by atoms with van der Waals surface area (Å²) in [5.74, 6) is 0.0712. The van der Waals surface area contributed by atoms with Gasteiger partial charge in [-0.1, -0.05) is 11.6 Å². The van der Waals surface area contributed by atoms with Gasteiger partial charge in [-0.15, -0.1) is 0 Å². The van der Waals surface area contributed by atoms with Crippen molar-refractivity contribution in [1.29, 1.82) is 0 Å². The van der Waals surface area contributed by atoms with E-state index in [1.807, 2.05) is 0 Å². The lowest BCUT2D eigenvalue weighted by Gasteiger charge is -2.01. The largest absolute Gasteiger partial charge is 0.368 e. The summed E-state index contributed by atoms with van der Waals surface area (Å²) in [7, 11) is 0. The minimum absolute atomic E-state index is 0.0712. The maximum atomic E-state index is 10.7. The zero-order valence-electron chi connectivity index (χ0n) is 7.07. The summed E-state index contributed by atoms with van der Waals surface area (Å²) in [6.07, 6.45) is 0.647. The number of nitrogens with zero attached hydrogens (tertiary/aromatic N) is 2. The summed E-state index contributed by atoms with van der Waals surface area (Å²) in [4.78, 5) is 18.5. The van der Waals surface area contributed by atoms with Crippen LogP contribution in [0.2, 0.25) is 5.02 Å². The van der Waals surface area contributed by atoms with Crippen molar-refractivity contribution in [2.45, 2.75) is 0 Å². The first-order valence-electron chi connectivity index (χ1n) is 3.88. The molecule has 0 bridgehead atoms. The van der Waals surface area contributed by atoms with Gasteiger partial charge in [0.2, 0.25) is 5.95 Å². The molecule has 4 nitrogen and oxygen atoms in total. The summed E-state index contributed by atoms with van der Waals surface area (Å²) in [6, 6.07) is 5.01. The van der Waals surface area contributed by atoms with Gasteiger partial charge in [0, 0.05) is 10.4 Å².